The van der Waals surface area contributed by atoms with Gasteiger partial charge in [-0.15, -0.1) is 0 Å². The number of benzene rings is 2. The van der Waals surface area contributed by atoms with Gasteiger partial charge in [0, 0.05) is 31.7 Å². The minimum Gasteiger partial charge on any atom is -0.449 e. The van der Waals surface area contributed by atoms with Crippen molar-refractivity contribution in [2.24, 2.45) is 0 Å². The number of imidazole rings is 1. The number of nitrogens with zero attached hydrogens (tertiary/aromatic N) is 4. The monoisotopic (exact) mass is 544 g/mol. The molecule has 1 amide bonds. The zero-order valence-electron chi connectivity index (χ0n) is 22.1. The number of aromatic nitrogens is 3. The third kappa shape index (κ3) is 4.77. The Kier molecular flexibility index (Phi) is 7.11. The molecule has 2 aromatic heterocycles. The summed E-state index contributed by atoms with van der Waals surface area (Å²) in [5.74, 6) is 0.000424. The summed E-state index contributed by atoms with van der Waals surface area (Å²) in [5, 5.41) is 24.1. The number of carbonyl (C=O) groups excluding carboxylic acids is 1. The van der Waals surface area contributed by atoms with Gasteiger partial charge in [-0.05, 0) is 35.4 Å². The number of rotatable bonds is 8. The van der Waals surface area contributed by atoms with Crippen LogP contribution in [0.15, 0.2) is 67.1 Å². The molecule has 1 fully saturated rings. The standard InChI is InChI=1S/C29H32N6O5/c1-34(14-23-25(36)26(37)28(40-23)35-16-33-24-22(30)10-11-31-27(24)35)13-12-32-29(38)39-15-21-19-8-4-2-6-17(19)18-7-3-5-9-20(18)21/h2-11,16,21,23,25-26,28,36-37H,12-15H2,1H3,(H2,30,31)(H,32,38)/t23?,25-,26-,28-/m1/s1. The van der Waals surface area contributed by atoms with Crippen molar-refractivity contribution in [3.8, 4) is 11.1 Å². The first kappa shape index (κ1) is 26.2. The molecule has 4 atom stereocenters. The van der Waals surface area contributed by atoms with Crippen LogP contribution in [0.1, 0.15) is 23.3 Å². The van der Waals surface area contributed by atoms with Crippen LogP contribution in [-0.4, -0.2) is 87.3 Å². The second-order valence-corrected chi connectivity index (χ2v) is 10.3. The van der Waals surface area contributed by atoms with E-state index in [0.717, 1.165) is 11.1 Å². The molecule has 40 heavy (non-hydrogen) atoms. The number of amides is 1. The first-order chi connectivity index (χ1) is 19.4. The molecule has 5 N–H and O–H groups in total. The van der Waals surface area contributed by atoms with Gasteiger partial charge in [-0.2, -0.15) is 0 Å². The number of alkyl carbamates (subject to hydrolysis) is 1. The van der Waals surface area contributed by atoms with Gasteiger partial charge in [0.15, 0.2) is 11.9 Å². The van der Waals surface area contributed by atoms with Gasteiger partial charge in [0.1, 0.15) is 30.4 Å². The van der Waals surface area contributed by atoms with E-state index in [4.69, 9.17) is 15.2 Å². The van der Waals surface area contributed by atoms with Crippen LogP contribution < -0.4 is 11.1 Å². The Balaban J connectivity index is 0.989. The van der Waals surface area contributed by atoms with Crippen LogP contribution in [-0.2, 0) is 9.47 Å². The number of fused-ring (bicyclic) bond motifs is 4. The number of nitrogens with two attached hydrogens (primary N) is 1. The van der Waals surface area contributed by atoms with E-state index in [2.05, 4.69) is 39.6 Å². The van der Waals surface area contributed by atoms with Crippen LogP contribution in [0.4, 0.5) is 10.5 Å². The summed E-state index contributed by atoms with van der Waals surface area (Å²) >= 11 is 0. The van der Waals surface area contributed by atoms with Crippen LogP contribution in [0.3, 0.4) is 0 Å². The quantitative estimate of drug-likeness (QED) is 0.262. The van der Waals surface area contributed by atoms with Crippen molar-refractivity contribution in [3.05, 3.63) is 78.2 Å². The minimum atomic E-state index is -1.17. The number of nitrogen functional groups attached to an aromatic ring is 1. The maximum atomic E-state index is 12.5. The van der Waals surface area contributed by atoms with Crippen molar-refractivity contribution in [1.82, 2.24) is 24.8 Å². The maximum Gasteiger partial charge on any atom is 0.407 e. The fourth-order valence-corrected chi connectivity index (χ4v) is 5.65. The summed E-state index contributed by atoms with van der Waals surface area (Å²) in [4.78, 5) is 23.0. The van der Waals surface area contributed by atoms with Gasteiger partial charge in [-0.25, -0.2) is 14.8 Å². The first-order valence-corrected chi connectivity index (χ1v) is 13.3. The second kappa shape index (κ2) is 10.9. The van der Waals surface area contributed by atoms with Crippen LogP contribution in [0.25, 0.3) is 22.3 Å². The van der Waals surface area contributed by atoms with Crippen molar-refractivity contribution >= 4 is 22.9 Å². The molecule has 1 saturated heterocycles. The Morgan fingerprint density at radius 1 is 1.07 bits per heavy atom. The summed E-state index contributed by atoms with van der Waals surface area (Å²) in [7, 11) is 1.85. The molecule has 6 rings (SSSR count). The molecule has 0 spiro atoms. The molecule has 2 aliphatic rings. The fourth-order valence-electron chi connectivity index (χ4n) is 5.65. The Morgan fingerprint density at radius 3 is 2.50 bits per heavy atom. The van der Waals surface area contributed by atoms with Gasteiger partial charge in [-0.1, -0.05) is 48.5 Å². The molecule has 208 valence electrons. The van der Waals surface area contributed by atoms with E-state index in [9.17, 15) is 15.0 Å². The van der Waals surface area contributed by atoms with E-state index in [-0.39, 0.29) is 12.5 Å². The zero-order valence-corrected chi connectivity index (χ0v) is 22.1. The molecule has 4 aromatic rings. The molecule has 0 radical (unpaired) electrons. The molecule has 3 heterocycles. The molecular weight excluding hydrogens is 512 g/mol. The van der Waals surface area contributed by atoms with Crippen LogP contribution in [0, 0.1) is 0 Å². The average molecular weight is 545 g/mol. The van der Waals surface area contributed by atoms with E-state index in [0.29, 0.717) is 36.5 Å². The zero-order chi connectivity index (χ0) is 27.8. The van der Waals surface area contributed by atoms with E-state index < -0.39 is 30.6 Å². The highest BCUT2D eigenvalue weighted by molar-refractivity contribution is 5.83. The van der Waals surface area contributed by atoms with Crippen molar-refractivity contribution in [2.45, 2.75) is 30.5 Å². The highest BCUT2D eigenvalue weighted by Gasteiger charge is 2.44. The van der Waals surface area contributed by atoms with Gasteiger partial charge in [-0.3, -0.25) is 4.57 Å². The average Bonchev–Trinajstić information content (AvgIpc) is 3.61. The number of nitrogens with one attached hydrogen (secondary N) is 1. The number of pyridine rings is 1. The summed E-state index contributed by atoms with van der Waals surface area (Å²) in [6.07, 6.45) is -1.22. The van der Waals surface area contributed by atoms with E-state index in [1.807, 2.05) is 36.2 Å². The Bertz CT molecular complexity index is 1480. The molecule has 1 aliphatic heterocycles. The van der Waals surface area contributed by atoms with Crippen molar-refractivity contribution in [1.29, 1.82) is 0 Å². The Morgan fingerprint density at radius 2 is 1.77 bits per heavy atom. The normalized spacial score (nSPS) is 22.0. The third-order valence-corrected chi connectivity index (χ3v) is 7.70. The van der Waals surface area contributed by atoms with Crippen LogP contribution >= 0.6 is 0 Å². The SMILES string of the molecule is CN(CCNC(=O)OCC1c2ccccc2-c2ccccc21)CC1O[C@@H](n2cnc3c(N)ccnc32)[C@H](O)[C@@H]1O. The van der Waals surface area contributed by atoms with Crippen LogP contribution in [0.5, 0.6) is 0 Å². The highest BCUT2D eigenvalue weighted by Crippen LogP contribution is 2.44. The minimum absolute atomic E-state index is 0.000424. The largest absolute Gasteiger partial charge is 0.449 e. The molecule has 11 heteroatoms. The second-order valence-electron chi connectivity index (χ2n) is 10.3. The molecule has 11 nitrogen and oxygen atoms in total. The maximum absolute atomic E-state index is 12.5. The first-order valence-electron chi connectivity index (χ1n) is 13.3. The predicted molar refractivity (Wildman–Crippen MR) is 148 cm³/mol. The van der Waals surface area contributed by atoms with Crippen molar-refractivity contribution in [3.63, 3.8) is 0 Å². The summed E-state index contributed by atoms with van der Waals surface area (Å²) in [5.41, 5.74) is 12.1. The number of carbonyl (C=O) groups is 1. The van der Waals surface area contributed by atoms with Gasteiger partial charge in [0.25, 0.3) is 0 Å². The lowest BCUT2D eigenvalue weighted by Gasteiger charge is -2.23. The Labute approximate surface area is 231 Å². The molecule has 0 bridgehead atoms. The van der Waals surface area contributed by atoms with E-state index >= 15 is 0 Å². The smallest absolute Gasteiger partial charge is 0.407 e. The number of likely N-dealkylation sites (N-methyl/N-ethyl adjacent to an activating group) is 1. The molecule has 1 unspecified atom stereocenters. The number of hydrogen-bond acceptors (Lipinski definition) is 9. The highest BCUT2D eigenvalue weighted by atomic mass is 16.6. The molecule has 0 saturated carbocycles. The van der Waals surface area contributed by atoms with Gasteiger partial charge >= 0.3 is 6.09 Å². The van der Waals surface area contributed by atoms with E-state index in [1.165, 1.54) is 17.5 Å². The number of aliphatic hydroxyl groups excluding tert-OH is 2. The van der Waals surface area contributed by atoms with Gasteiger partial charge in [0.05, 0.1) is 12.0 Å². The lowest BCUT2D eigenvalue weighted by Crippen LogP contribution is -2.41. The van der Waals surface area contributed by atoms with Crippen molar-refractivity contribution < 1.29 is 24.5 Å². The molecule has 1 aliphatic carbocycles. The number of hydrogen-bond donors (Lipinski definition) is 4. The molecular formula is C29H32N6O5. The summed E-state index contributed by atoms with van der Waals surface area (Å²) < 4.78 is 13.2. The predicted octanol–water partition coefficient (Wildman–Crippen LogP) is 2.10. The van der Waals surface area contributed by atoms with Gasteiger partial charge < -0.3 is 35.6 Å². The topological polar surface area (TPSA) is 148 Å². The molecule has 2 aromatic carbocycles. The lowest BCUT2D eigenvalue weighted by atomic mass is 9.98. The Hall–Kier alpha value is -4.03. The fraction of sp³-hybridized carbons (Fsp3) is 0.345. The lowest BCUT2D eigenvalue weighted by molar-refractivity contribution is -0.0420. The number of anilines is 1. The number of aliphatic hydroxyl groups is 2. The summed E-state index contributed by atoms with van der Waals surface area (Å²) in [6, 6.07) is 18.1. The summed E-state index contributed by atoms with van der Waals surface area (Å²) in [6.45, 7) is 1.42. The third-order valence-electron chi connectivity index (χ3n) is 7.70. The number of ether oxygens (including phenoxy) is 2. The van der Waals surface area contributed by atoms with Gasteiger partial charge in [0.2, 0.25) is 0 Å². The van der Waals surface area contributed by atoms with Crippen LogP contribution in [0.2, 0.25) is 0 Å². The van der Waals surface area contributed by atoms with Crippen molar-refractivity contribution in [2.75, 3.05) is 39.0 Å². The van der Waals surface area contributed by atoms with E-state index in [1.54, 1.807) is 16.8 Å².